The van der Waals surface area contributed by atoms with Crippen LogP contribution in [0.1, 0.15) is 0 Å². The quantitative estimate of drug-likeness (QED) is 0.742. The normalized spacial score (nSPS) is 10.7. The molecule has 3 N–H and O–H groups in total. The monoisotopic (exact) mass is 304 g/mol. The summed E-state index contributed by atoms with van der Waals surface area (Å²) in [4.78, 5) is 8.42. The van der Waals surface area contributed by atoms with Crippen LogP contribution in [0.5, 0.6) is 0 Å². The lowest BCUT2D eigenvalue weighted by Crippen LogP contribution is -2.01. The number of nitrogens with zero attached hydrogens (tertiary/aromatic N) is 2. The van der Waals surface area contributed by atoms with E-state index in [9.17, 15) is 0 Å². The van der Waals surface area contributed by atoms with Gasteiger partial charge in [-0.3, -0.25) is 0 Å². The number of para-hydroxylation sites is 1. The zero-order valence-electron chi connectivity index (χ0n) is 10.3. The average Bonchev–Trinajstić information content (AvgIpc) is 2.43. The molecule has 3 aromatic rings. The highest BCUT2D eigenvalue weighted by molar-refractivity contribution is 6.42. The van der Waals surface area contributed by atoms with Crippen molar-refractivity contribution in [3.8, 4) is 0 Å². The van der Waals surface area contributed by atoms with Crippen LogP contribution in [0.4, 0.5) is 17.5 Å². The fourth-order valence-corrected chi connectivity index (χ4v) is 2.20. The van der Waals surface area contributed by atoms with Crippen molar-refractivity contribution in [1.82, 2.24) is 9.97 Å². The summed E-state index contributed by atoms with van der Waals surface area (Å²) in [6, 6.07) is 12.9. The largest absolute Gasteiger partial charge is 0.368 e. The maximum atomic E-state index is 6.00. The second-order valence-electron chi connectivity index (χ2n) is 4.20. The molecule has 0 saturated carbocycles. The Morgan fingerprint density at radius 3 is 2.55 bits per heavy atom. The van der Waals surface area contributed by atoms with Crippen molar-refractivity contribution in [1.29, 1.82) is 0 Å². The van der Waals surface area contributed by atoms with Gasteiger partial charge in [-0.15, -0.1) is 0 Å². The van der Waals surface area contributed by atoms with Crippen LogP contribution < -0.4 is 11.1 Å². The molecule has 4 nitrogen and oxygen atoms in total. The van der Waals surface area contributed by atoms with Crippen LogP contribution in [0, 0.1) is 0 Å². The van der Waals surface area contributed by atoms with Crippen molar-refractivity contribution < 1.29 is 0 Å². The van der Waals surface area contributed by atoms with E-state index >= 15 is 0 Å². The Morgan fingerprint density at radius 2 is 1.75 bits per heavy atom. The lowest BCUT2D eigenvalue weighted by molar-refractivity contribution is 1.23. The van der Waals surface area contributed by atoms with Gasteiger partial charge in [0.15, 0.2) is 0 Å². The fourth-order valence-electron chi connectivity index (χ4n) is 1.90. The predicted octanol–water partition coefficient (Wildman–Crippen LogP) is 4.26. The zero-order valence-corrected chi connectivity index (χ0v) is 11.8. The Balaban J connectivity index is 2.07. The fraction of sp³-hybridized carbons (Fsp3) is 0. The number of nitrogens with one attached hydrogen (secondary N) is 1. The first kappa shape index (κ1) is 13.0. The molecule has 0 unspecified atom stereocenters. The van der Waals surface area contributed by atoms with Crippen molar-refractivity contribution in [3.05, 3.63) is 52.5 Å². The number of benzene rings is 2. The van der Waals surface area contributed by atoms with E-state index in [4.69, 9.17) is 28.9 Å². The van der Waals surface area contributed by atoms with Crippen LogP contribution in [-0.2, 0) is 0 Å². The minimum atomic E-state index is 0.214. The molecule has 0 saturated heterocycles. The maximum absolute atomic E-state index is 6.00. The number of anilines is 3. The molecule has 0 bridgehead atoms. The number of fused-ring (bicyclic) bond motifs is 1. The van der Waals surface area contributed by atoms with Crippen LogP contribution in [0.2, 0.25) is 10.0 Å². The summed E-state index contributed by atoms with van der Waals surface area (Å²) >= 11 is 11.9. The van der Waals surface area contributed by atoms with Gasteiger partial charge in [-0.2, -0.15) is 4.98 Å². The third kappa shape index (κ3) is 2.48. The number of hydrogen-bond donors (Lipinski definition) is 2. The summed E-state index contributed by atoms with van der Waals surface area (Å²) in [7, 11) is 0. The highest BCUT2D eigenvalue weighted by Crippen LogP contribution is 2.29. The highest BCUT2D eigenvalue weighted by atomic mass is 35.5. The molecule has 0 radical (unpaired) electrons. The predicted molar refractivity (Wildman–Crippen MR) is 83.7 cm³/mol. The van der Waals surface area contributed by atoms with Crippen LogP contribution in [0.15, 0.2) is 42.5 Å². The zero-order chi connectivity index (χ0) is 14.1. The number of nitrogen functional groups attached to an aromatic ring is 1. The Kier molecular flexibility index (Phi) is 3.34. The molecule has 0 amide bonds. The lowest BCUT2D eigenvalue weighted by Gasteiger charge is -2.10. The van der Waals surface area contributed by atoms with Crippen LogP contribution >= 0.6 is 23.2 Å². The molecule has 1 heterocycles. The number of aromatic nitrogens is 2. The number of nitrogens with two attached hydrogens (primary N) is 1. The first-order valence-electron chi connectivity index (χ1n) is 5.88. The van der Waals surface area contributed by atoms with E-state index in [1.54, 1.807) is 12.1 Å². The summed E-state index contributed by atoms with van der Waals surface area (Å²) in [5, 5.41) is 5.04. The summed E-state index contributed by atoms with van der Waals surface area (Å²) in [5.74, 6) is 0.845. The van der Waals surface area contributed by atoms with Gasteiger partial charge < -0.3 is 11.1 Å². The van der Waals surface area contributed by atoms with Gasteiger partial charge in [-0.1, -0.05) is 35.3 Å². The summed E-state index contributed by atoms with van der Waals surface area (Å²) in [6.45, 7) is 0. The van der Waals surface area contributed by atoms with Crippen LogP contribution in [-0.4, -0.2) is 9.97 Å². The second kappa shape index (κ2) is 5.15. The highest BCUT2D eigenvalue weighted by Gasteiger charge is 2.07. The second-order valence-corrected chi connectivity index (χ2v) is 5.02. The molecule has 3 rings (SSSR count). The van der Waals surface area contributed by atoms with Gasteiger partial charge in [0.05, 0.1) is 15.6 Å². The smallest absolute Gasteiger partial charge is 0.222 e. The van der Waals surface area contributed by atoms with E-state index in [1.165, 1.54) is 0 Å². The first-order valence-corrected chi connectivity index (χ1v) is 6.63. The van der Waals surface area contributed by atoms with Gasteiger partial charge in [-0.05, 0) is 30.3 Å². The Morgan fingerprint density at radius 1 is 0.950 bits per heavy atom. The molecule has 0 fully saturated rings. The molecule has 2 aromatic carbocycles. The third-order valence-electron chi connectivity index (χ3n) is 2.80. The molecule has 0 spiro atoms. The van der Waals surface area contributed by atoms with Crippen LogP contribution in [0.3, 0.4) is 0 Å². The Hall–Kier alpha value is -2.04. The Labute approximate surface area is 125 Å². The first-order chi connectivity index (χ1) is 9.63. The van der Waals surface area contributed by atoms with E-state index in [-0.39, 0.29) is 5.95 Å². The van der Waals surface area contributed by atoms with Crippen molar-refractivity contribution in [2.24, 2.45) is 0 Å². The van der Waals surface area contributed by atoms with Gasteiger partial charge >= 0.3 is 0 Å². The Bertz CT molecular complexity index is 789. The summed E-state index contributed by atoms with van der Waals surface area (Å²) in [6.07, 6.45) is 0. The van der Waals surface area contributed by atoms with Gasteiger partial charge in [-0.25, -0.2) is 4.98 Å². The lowest BCUT2D eigenvalue weighted by atomic mass is 10.2. The van der Waals surface area contributed by atoms with Crippen molar-refractivity contribution >= 4 is 51.6 Å². The minimum absolute atomic E-state index is 0.214. The SMILES string of the molecule is Nc1nc(Nc2ccc(Cl)c(Cl)c2)c2ccccc2n1. The van der Waals surface area contributed by atoms with Crippen molar-refractivity contribution in [2.45, 2.75) is 0 Å². The van der Waals surface area contributed by atoms with Crippen molar-refractivity contribution in [2.75, 3.05) is 11.1 Å². The molecule has 0 aliphatic rings. The van der Waals surface area contributed by atoms with E-state index in [1.807, 2.05) is 30.3 Å². The molecule has 0 atom stereocenters. The van der Waals surface area contributed by atoms with E-state index in [0.717, 1.165) is 16.6 Å². The van der Waals surface area contributed by atoms with Gasteiger partial charge in [0.1, 0.15) is 5.82 Å². The summed E-state index contributed by atoms with van der Waals surface area (Å²) in [5.41, 5.74) is 7.28. The third-order valence-corrected chi connectivity index (χ3v) is 3.54. The topological polar surface area (TPSA) is 63.8 Å². The molecular formula is C14H10Cl2N4. The number of hydrogen-bond acceptors (Lipinski definition) is 4. The molecule has 0 aliphatic carbocycles. The van der Waals surface area contributed by atoms with Crippen molar-refractivity contribution in [3.63, 3.8) is 0 Å². The molecule has 100 valence electrons. The molecular weight excluding hydrogens is 295 g/mol. The van der Waals surface area contributed by atoms with Crippen LogP contribution in [0.25, 0.3) is 10.9 Å². The standard InChI is InChI=1S/C14H10Cl2N4/c15-10-6-5-8(7-11(10)16)18-13-9-3-1-2-4-12(9)19-14(17)20-13/h1-7H,(H3,17,18,19,20). The molecule has 20 heavy (non-hydrogen) atoms. The van der Waals surface area contributed by atoms with E-state index < -0.39 is 0 Å². The number of rotatable bonds is 2. The molecule has 6 heteroatoms. The minimum Gasteiger partial charge on any atom is -0.368 e. The maximum Gasteiger partial charge on any atom is 0.222 e. The van der Waals surface area contributed by atoms with Gasteiger partial charge in [0, 0.05) is 11.1 Å². The van der Waals surface area contributed by atoms with Gasteiger partial charge in [0.25, 0.3) is 0 Å². The van der Waals surface area contributed by atoms with E-state index in [2.05, 4.69) is 15.3 Å². The van der Waals surface area contributed by atoms with E-state index in [0.29, 0.717) is 15.9 Å². The molecule has 0 aliphatic heterocycles. The average molecular weight is 305 g/mol. The summed E-state index contributed by atoms with van der Waals surface area (Å²) < 4.78 is 0. The molecule has 1 aromatic heterocycles. The number of halogens is 2. The van der Waals surface area contributed by atoms with Gasteiger partial charge in [0.2, 0.25) is 5.95 Å².